The zero-order valence-corrected chi connectivity index (χ0v) is 16.5. The van der Waals surface area contributed by atoms with Gasteiger partial charge >= 0.3 is 0 Å². The molecule has 0 radical (unpaired) electrons. The van der Waals surface area contributed by atoms with Crippen LogP contribution in [0.2, 0.25) is 0 Å². The fourth-order valence-corrected chi connectivity index (χ4v) is 3.83. The second kappa shape index (κ2) is 8.29. The summed E-state index contributed by atoms with van der Waals surface area (Å²) in [6.07, 6.45) is -7.35. The summed E-state index contributed by atoms with van der Waals surface area (Å²) in [5.74, 6) is -0.159. The van der Waals surface area contributed by atoms with E-state index < -0.39 is 48.3 Å². The third-order valence-electron chi connectivity index (χ3n) is 5.44. The van der Waals surface area contributed by atoms with E-state index in [1.165, 1.54) is 19.2 Å². The number of aliphatic hydroxyl groups is 4. The van der Waals surface area contributed by atoms with Crippen molar-refractivity contribution in [3.63, 3.8) is 0 Å². The van der Waals surface area contributed by atoms with E-state index in [1.54, 1.807) is 30.3 Å². The van der Waals surface area contributed by atoms with Gasteiger partial charge in [-0.15, -0.1) is 0 Å². The van der Waals surface area contributed by atoms with Crippen molar-refractivity contribution >= 4 is 11.0 Å². The lowest BCUT2D eigenvalue weighted by Gasteiger charge is -2.40. The van der Waals surface area contributed by atoms with Crippen molar-refractivity contribution in [3.05, 3.63) is 58.3 Å². The average molecular weight is 430 g/mol. The molecule has 31 heavy (non-hydrogen) atoms. The quantitative estimate of drug-likeness (QED) is 0.403. The minimum absolute atomic E-state index is 0.0303. The van der Waals surface area contributed by atoms with Crippen LogP contribution in [0.3, 0.4) is 0 Å². The lowest BCUT2D eigenvalue weighted by Crippen LogP contribution is -2.55. The van der Waals surface area contributed by atoms with Gasteiger partial charge in [0, 0.05) is 17.7 Å². The number of ether oxygens (including phenoxy) is 2. The van der Waals surface area contributed by atoms with Crippen LogP contribution in [-0.4, -0.2) is 63.7 Å². The number of phenols is 1. The Morgan fingerprint density at radius 2 is 1.74 bits per heavy atom. The van der Waals surface area contributed by atoms with Gasteiger partial charge < -0.3 is 39.4 Å². The first-order chi connectivity index (χ1) is 14.9. The SMILES string of the molecule is COc1cc(O)c2c(=O)cc(-c3ccccc3)oc2c1[C@@H]1O[C@H](CO)[C@H](O)[C@@H](O)[C@H]1O. The molecule has 1 saturated heterocycles. The van der Waals surface area contributed by atoms with Gasteiger partial charge in [0.2, 0.25) is 0 Å². The van der Waals surface area contributed by atoms with E-state index in [0.29, 0.717) is 5.56 Å². The van der Waals surface area contributed by atoms with Crippen LogP contribution in [0.1, 0.15) is 11.7 Å². The minimum atomic E-state index is -1.64. The number of hydrogen-bond acceptors (Lipinski definition) is 9. The number of aliphatic hydroxyl groups excluding tert-OH is 4. The Morgan fingerprint density at radius 1 is 1.03 bits per heavy atom. The second-order valence-electron chi connectivity index (χ2n) is 7.31. The van der Waals surface area contributed by atoms with Gasteiger partial charge in [-0.1, -0.05) is 30.3 Å². The highest BCUT2D eigenvalue weighted by atomic mass is 16.5. The molecule has 9 nitrogen and oxygen atoms in total. The molecule has 4 rings (SSSR count). The predicted octanol–water partition coefficient (Wildman–Crippen LogP) is 0.689. The van der Waals surface area contributed by atoms with Crippen molar-refractivity contribution in [1.29, 1.82) is 0 Å². The zero-order chi connectivity index (χ0) is 22.3. The molecule has 1 aliphatic rings. The van der Waals surface area contributed by atoms with Crippen LogP contribution < -0.4 is 10.2 Å². The molecule has 0 amide bonds. The van der Waals surface area contributed by atoms with Crippen LogP contribution in [0.4, 0.5) is 0 Å². The molecule has 5 atom stereocenters. The molecule has 3 aromatic rings. The number of phenolic OH excluding ortho intramolecular Hbond substituents is 1. The van der Waals surface area contributed by atoms with Crippen LogP contribution in [0.5, 0.6) is 11.5 Å². The maximum absolute atomic E-state index is 12.9. The highest BCUT2D eigenvalue weighted by Crippen LogP contribution is 2.44. The van der Waals surface area contributed by atoms with Crippen LogP contribution in [-0.2, 0) is 4.74 Å². The van der Waals surface area contributed by atoms with Gasteiger partial charge in [0.25, 0.3) is 0 Å². The molecule has 0 spiro atoms. The van der Waals surface area contributed by atoms with Crippen molar-refractivity contribution in [2.45, 2.75) is 30.5 Å². The van der Waals surface area contributed by atoms with E-state index in [-0.39, 0.29) is 28.0 Å². The summed E-state index contributed by atoms with van der Waals surface area (Å²) in [6.45, 7) is -0.626. The number of rotatable bonds is 4. The number of fused-ring (bicyclic) bond motifs is 1. The second-order valence-corrected chi connectivity index (χ2v) is 7.31. The lowest BCUT2D eigenvalue weighted by atomic mass is 9.89. The largest absolute Gasteiger partial charge is 0.507 e. The highest BCUT2D eigenvalue weighted by molar-refractivity contribution is 5.89. The van der Waals surface area contributed by atoms with Crippen molar-refractivity contribution < 1.29 is 39.4 Å². The Kier molecular flexibility index (Phi) is 5.69. The lowest BCUT2D eigenvalue weighted by molar-refractivity contribution is -0.231. The maximum Gasteiger partial charge on any atom is 0.197 e. The summed E-state index contributed by atoms with van der Waals surface area (Å²) in [6, 6.07) is 11.2. The Labute approximate surface area is 176 Å². The summed E-state index contributed by atoms with van der Waals surface area (Å²) in [4.78, 5) is 12.9. The standard InChI is InChI=1S/C22H22O9/c1-29-14-8-12(25)16-11(24)7-13(10-5-3-2-4-6-10)30-21(16)17(14)22-20(28)19(27)18(26)15(9-23)31-22/h2-8,15,18-20,22-23,25-28H,9H2,1H3/t15-,18+,19-,20-,22+/m1/s1. The maximum atomic E-state index is 12.9. The van der Waals surface area contributed by atoms with Crippen LogP contribution in [0.25, 0.3) is 22.3 Å². The Hall–Kier alpha value is -2.95. The molecular weight excluding hydrogens is 408 g/mol. The molecule has 5 N–H and O–H groups in total. The minimum Gasteiger partial charge on any atom is -0.507 e. The van der Waals surface area contributed by atoms with E-state index >= 15 is 0 Å². The van der Waals surface area contributed by atoms with Crippen molar-refractivity contribution in [2.24, 2.45) is 0 Å². The molecule has 1 aromatic heterocycles. The molecule has 2 heterocycles. The van der Waals surface area contributed by atoms with Crippen molar-refractivity contribution in [2.75, 3.05) is 13.7 Å². The van der Waals surface area contributed by atoms with E-state index in [0.717, 1.165) is 0 Å². The number of benzene rings is 2. The summed E-state index contributed by atoms with van der Waals surface area (Å²) >= 11 is 0. The molecule has 0 unspecified atom stereocenters. The first-order valence-electron chi connectivity index (χ1n) is 9.61. The molecule has 1 aliphatic heterocycles. The van der Waals surface area contributed by atoms with Gasteiger partial charge in [-0.3, -0.25) is 4.79 Å². The van der Waals surface area contributed by atoms with Gasteiger partial charge in [-0.2, -0.15) is 0 Å². The van der Waals surface area contributed by atoms with Gasteiger partial charge in [0.15, 0.2) is 11.0 Å². The van der Waals surface area contributed by atoms with E-state index in [9.17, 15) is 30.3 Å². The smallest absolute Gasteiger partial charge is 0.197 e. The molecule has 164 valence electrons. The van der Waals surface area contributed by atoms with Gasteiger partial charge in [-0.25, -0.2) is 0 Å². The van der Waals surface area contributed by atoms with E-state index in [1.807, 2.05) is 0 Å². The summed E-state index contributed by atoms with van der Waals surface area (Å²) in [5.41, 5.74) is 0.0178. The monoisotopic (exact) mass is 430 g/mol. The van der Waals surface area contributed by atoms with E-state index in [2.05, 4.69) is 0 Å². The number of aromatic hydroxyl groups is 1. The third-order valence-corrected chi connectivity index (χ3v) is 5.44. The normalized spacial score (nSPS) is 26.2. The number of hydrogen-bond donors (Lipinski definition) is 5. The predicted molar refractivity (Wildman–Crippen MR) is 109 cm³/mol. The highest BCUT2D eigenvalue weighted by Gasteiger charge is 2.46. The summed E-state index contributed by atoms with van der Waals surface area (Å²) in [7, 11) is 1.31. The van der Waals surface area contributed by atoms with Crippen LogP contribution >= 0.6 is 0 Å². The Balaban J connectivity index is 2.00. The summed E-state index contributed by atoms with van der Waals surface area (Å²) in [5, 5.41) is 50.8. The third kappa shape index (κ3) is 3.56. The fourth-order valence-electron chi connectivity index (χ4n) is 3.83. The Bertz CT molecular complexity index is 1140. The molecular formula is C22H22O9. The van der Waals surface area contributed by atoms with Gasteiger partial charge in [0.1, 0.15) is 53.2 Å². The van der Waals surface area contributed by atoms with Gasteiger partial charge in [-0.05, 0) is 0 Å². The van der Waals surface area contributed by atoms with Crippen molar-refractivity contribution in [1.82, 2.24) is 0 Å². The summed E-state index contributed by atoms with van der Waals surface area (Å²) < 4.78 is 17.0. The molecule has 0 aliphatic carbocycles. The fraction of sp³-hybridized carbons (Fsp3) is 0.318. The first-order valence-corrected chi connectivity index (χ1v) is 9.61. The molecule has 1 fully saturated rings. The number of methoxy groups -OCH3 is 1. The van der Waals surface area contributed by atoms with Crippen molar-refractivity contribution in [3.8, 4) is 22.8 Å². The van der Waals surface area contributed by atoms with Crippen LogP contribution in [0, 0.1) is 0 Å². The first kappa shape index (κ1) is 21.3. The molecule has 0 bridgehead atoms. The average Bonchev–Trinajstić information content (AvgIpc) is 2.78. The zero-order valence-electron chi connectivity index (χ0n) is 16.5. The van der Waals surface area contributed by atoms with Gasteiger partial charge in [0.05, 0.1) is 19.3 Å². The molecule has 2 aromatic carbocycles. The van der Waals surface area contributed by atoms with Crippen LogP contribution in [0.15, 0.2) is 51.7 Å². The molecule has 0 saturated carbocycles. The van der Waals surface area contributed by atoms with E-state index in [4.69, 9.17) is 13.9 Å². The molecule has 9 heteroatoms. The topological polar surface area (TPSA) is 150 Å². The Morgan fingerprint density at radius 3 is 2.39 bits per heavy atom.